The standard InChI is InChI=1S/C9H14N2O3/c1-2-12-7-9(14-6-4-11)8-13-5-3-10/h9H,2,5-8H2,1H3. The molecule has 0 aliphatic heterocycles. The van der Waals surface area contributed by atoms with Gasteiger partial charge in [-0.15, -0.1) is 0 Å². The topological polar surface area (TPSA) is 75.3 Å². The summed E-state index contributed by atoms with van der Waals surface area (Å²) in [5.41, 5.74) is 0. The molecule has 0 bridgehead atoms. The molecule has 0 saturated heterocycles. The minimum absolute atomic E-state index is 0.00759. The highest BCUT2D eigenvalue weighted by Gasteiger charge is 2.08. The Balaban J connectivity index is 3.62. The second-order valence-electron chi connectivity index (χ2n) is 2.42. The van der Waals surface area contributed by atoms with Crippen LogP contribution in [-0.4, -0.2) is 39.1 Å². The lowest BCUT2D eigenvalue weighted by atomic mass is 10.4. The molecule has 5 heteroatoms. The van der Waals surface area contributed by atoms with Crippen LogP contribution < -0.4 is 0 Å². The van der Waals surface area contributed by atoms with Crippen LogP contribution in [0.2, 0.25) is 0 Å². The molecule has 0 spiro atoms. The average molecular weight is 198 g/mol. The van der Waals surface area contributed by atoms with Gasteiger partial charge in [0.1, 0.15) is 19.3 Å². The third-order valence-corrected chi connectivity index (χ3v) is 1.36. The van der Waals surface area contributed by atoms with Gasteiger partial charge in [-0.05, 0) is 6.92 Å². The predicted molar refractivity (Wildman–Crippen MR) is 48.3 cm³/mol. The number of ether oxygens (including phenoxy) is 3. The zero-order valence-electron chi connectivity index (χ0n) is 8.23. The van der Waals surface area contributed by atoms with Gasteiger partial charge in [0, 0.05) is 6.61 Å². The minimum Gasteiger partial charge on any atom is -0.379 e. The third kappa shape index (κ3) is 7.51. The van der Waals surface area contributed by atoms with Gasteiger partial charge in [0.2, 0.25) is 0 Å². The number of rotatable bonds is 8. The van der Waals surface area contributed by atoms with Crippen LogP contribution in [-0.2, 0) is 14.2 Å². The number of hydrogen-bond donors (Lipinski definition) is 0. The SMILES string of the molecule is CCOCC(COCC#N)OCC#N. The van der Waals surface area contributed by atoms with Crippen LogP contribution in [0.4, 0.5) is 0 Å². The monoisotopic (exact) mass is 198 g/mol. The highest BCUT2D eigenvalue weighted by molar-refractivity contribution is 4.71. The molecule has 78 valence electrons. The molecule has 0 aromatic carbocycles. The molecule has 0 heterocycles. The Labute approximate surface area is 83.8 Å². The Morgan fingerprint density at radius 2 is 1.71 bits per heavy atom. The molecule has 0 N–H and O–H groups in total. The van der Waals surface area contributed by atoms with Crippen molar-refractivity contribution < 1.29 is 14.2 Å². The molecule has 0 rings (SSSR count). The first-order chi connectivity index (χ1) is 6.85. The zero-order chi connectivity index (χ0) is 10.6. The smallest absolute Gasteiger partial charge is 0.134 e. The van der Waals surface area contributed by atoms with Crippen molar-refractivity contribution in [3.05, 3.63) is 0 Å². The molecule has 0 aliphatic rings. The summed E-state index contributed by atoms with van der Waals surface area (Å²) in [6, 6.07) is 3.72. The predicted octanol–water partition coefficient (Wildman–Crippen LogP) is 0.472. The van der Waals surface area contributed by atoms with E-state index in [1.165, 1.54) is 0 Å². The van der Waals surface area contributed by atoms with Crippen LogP contribution in [0.25, 0.3) is 0 Å². The van der Waals surface area contributed by atoms with E-state index >= 15 is 0 Å². The van der Waals surface area contributed by atoms with Gasteiger partial charge in [-0.3, -0.25) is 0 Å². The fourth-order valence-corrected chi connectivity index (χ4v) is 0.785. The van der Waals surface area contributed by atoms with E-state index in [4.69, 9.17) is 24.7 Å². The lowest BCUT2D eigenvalue weighted by Crippen LogP contribution is -2.26. The van der Waals surface area contributed by atoms with Gasteiger partial charge >= 0.3 is 0 Å². The number of hydrogen-bond acceptors (Lipinski definition) is 5. The Morgan fingerprint density at radius 1 is 1.07 bits per heavy atom. The van der Waals surface area contributed by atoms with Crippen LogP contribution >= 0.6 is 0 Å². The molecule has 5 nitrogen and oxygen atoms in total. The van der Waals surface area contributed by atoms with Crippen molar-refractivity contribution in [1.82, 2.24) is 0 Å². The van der Waals surface area contributed by atoms with E-state index in [1.807, 2.05) is 19.1 Å². The highest BCUT2D eigenvalue weighted by Crippen LogP contribution is 1.95. The highest BCUT2D eigenvalue weighted by atomic mass is 16.6. The summed E-state index contributed by atoms with van der Waals surface area (Å²) in [6.07, 6.45) is -0.275. The van der Waals surface area contributed by atoms with Crippen molar-refractivity contribution in [1.29, 1.82) is 10.5 Å². The first kappa shape index (κ1) is 12.9. The van der Waals surface area contributed by atoms with Crippen LogP contribution in [0.3, 0.4) is 0 Å². The zero-order valence-corrected chi connectivity index (χ0v) is 8.23. The van der Waals surface area contributed by atoms with Gasteiger partial charge < -0.3 is 14.2 Å². The largest absolute Gasteiger partial charge is 0.379 e. The second kappa shape index (κ2) is 9.94. The quantitative estimate of drug-likeness (QED) is 0.530. The summed E-state index contributed by atoms with van der Waals surface area (Å²) in [5, 5.41) is 16.5. The van der Waals surface area contributed by atoms with Gasteiger partial charge in [-0.2, -0.15) is 10.5 Å². The minimum atomic E-state index is -0.275. The Hall–Kier alpha value is -1.14. The molecule has 14 heavy (non-hydrogen) atoms. The maximum atomic E-state index is 8.30. The van der Waals surface area contributed by atoms with Gasteiger partial charge in [0.25, 0.3) is 0 Å². The average Bonchev–Trinajstić information content (AvgIpc) is 2.21. The van der Waals surface area contributed by atoms with Crippen molar-refractivity contribution in [3.8, 4) is 12.1 Å². The molecule has 0 aromatic rings. The van der Waals surface area contributed by atoms with Crippen molar-refractivity contribution >= 4 is 0 Å². The van der Waals surface area contributed by atoms with E-state index in [9.17, 15) is 0 Å². The normalized spacial score (nSPS) is 11.6. The summed E-state index contributed by atoms with van der Waals surface area (Å²) >= 11 is 0. The van der Waals surface area contributed by atoms with E-state index in [2.05, 4.69) is 0 Å². The second-order valence-corrected chi connectivity index (χ2v) is 2.42. The van der Waals surface area contributed by atoms with Gasteiger partial charge in [0.05, 0.1) is 25.4 Å². The molecule has 1 atom stereocenters. The van der Waals surface area contributed by atoms with E-state index in [-0.39, 0.29) is 25.9 Å². The van der Waals surface area contributed by atoms with Crippen LogP contribution in [0, 0.1) is 22.7 Å². The van der Waals surface area contributed by atoms with Crippen LogP contribution in [0.1, 0.15) is 6.92 Å². The molecule has 1 unspecified atom stereocenters. The fraction of sp³-hybridized carbons (Fsp3) is 0.778. The van der Waals surface area contributed by atoms with Crippen LogP contribution in [0.5, 0.6) is 0 Å². The fourth-order valence-electron chi connectivity index (χ4n) is 0.785. The van der Waals surface area contributed by atoms with Gasteiger partial charge in [0.15, 0.2) is 0 Å². The summed E-state index contributed by atoms with van der Waals surface area (Å²) < 4.78 is 15.2. The van der Waals surface area contributed by atoms with E-state index in [0.29, 0.717) is 13.2 Å². The maximum Gasteiger partial charge on any atom is 0.134 e. The molecular weight excluding hydrogens is 184 g/mol. The van der Waals surface area contributed by atoms with E-state index in [1.54, 1.807) is 0 Å². The van der Waals surface area contributed by atoms with Crippen molar-refractivity contribution in [3.63, 3.8) is 0 Å². The first-order valence-electron chi connectivity index (χ1n) is 4.36. The Bertz CT molecular complexity index is 207. The molecule has 0 aromatic heterocycles. The lowest BCUT2D eigenvalue weighted by Gasteiger charge is -2.14. The molecular formula is C9H14N2O3. The van der Waals surface area contributed by atoms with Crippen molar-refractivity contribution in [2.45, 2.75) is 13.0 Å². The van der Waals surface area contributed by atoms with Crippen LogP contribution in [0.15, 0.2) is 0 Å². The molecule has 0 aliphatic carbocycles. The lowest BCUT2D eigenvalue weighted by molar-refractivity contribution is -0.0435. The summed E-state index contributed by atoms with van der Waals surface area (Å²) in [7, 11) is 0. The summed E-state index contributed by atoms with van der Waals surface area (Å²) in [6.45, 7) is 3.15. The van der Waals surface area contributed by atoms with Crippen molar-refractivity contribution in [2.24, 2.45) is 0 Å². The van der Waals surface area contributed by atoms with E-state index in [0.717, 1.165) is 0 Å². The number of nitriles is 2. The first-order valence-corrected chi connectivity index (χ1v) is 4.36. The molecule has 0 fully saturated rings. The van der Waals surface area contributed by atoms with Crippen molar-refractivity contribution in [2.75, 3.05) is 33.0 Å². The summed E-state index contributed by atoms with van der Waals surface area (Å²) in [5.74, 6) is 0. The summed E-state index contributed by atoms with van der Waals surface area (Å²) in [4.78, 5) is 0. The molecule has 0 amide bonds. The molecule has 0 radical (unpaired) electrons. The molecule has 0 saturated carbocycles. The van der Waals surface area contributed by atoms with Gasteiger partial charge in [-0.25, -0.2) is 0 Å². The number of nitrogens with zero attached hydrogens (tertiary/aromatic N) is 2. The Kier molecular flexibility index (Phi) is 9.13. The van der Waals surface area contributed by atoms with Gasteiger partial charge in [-0.1, -0.05) is 0 Å². The maximum absolute atomic E-state index is 8.30. The Morgan fingerprint density at radius 3 is 2.29 bits per heavy atom. The third-order valence-electron chi connectivity index (χ3n) is 1.36. The van der Waals surface area contributed by atoms with E-state index < -0.39 is 0 Å².